The molecule has 4 N–H and O–H groups in total. The Morgan fingerprint density at radius 2 is 2.07 bits per heavy atom. The minimum absolute atomic E-state index is 0.217. The van der Waals surface area contributed by atoms with Crippen LogP contribution in [0.3, 0.4) is 0 Å². The van der Waals surface area contributed by atoms with E-state index < -0.39 is 0 Å². The summed E-state index contributed by atoms with van der Waals surface area (Å²) in [6.07, 6.45) is 0. The number of hydrogen-bond acceptors (Lipinski definition) is 5. The molecule has 0 aromatic carbocycles. The van der Waals surface area contributed by atoms with E-state index in [0.29, 0.717) is 5.82 Å². The Bertz CT molecular complexity index is 450. The quantitative estimate of drug-likeness (QED) is 0.744. The van der Waals surface area contributed by atoms with E-state index >= 15 is 0 Å². The highest BCUT2D eigenvalue weighted by atomic mass is 32.1. The summed E-state index contributed by atoms with van der Waals surface area (Å²) in [5.41, 5.74) is 14.0. The Morgan fingerprint density at radius 1 is 1.29 bits per heavy atom. The van der Waals surface area contributed by atoms with E-state index in [1.807, 2.05) is 23.8 Å². The topological polar surface area (TPSA) is 77.8 Å². The fourth-order valence-electron chi connectivity index (χ4n) is 1.23. The van der Waals surface area contributed by atoms with Gasteiger partial charge in [-0.3, -0.25) is 0 Å². The molecule has 0 aliphatic rings. The van der Waals surface area contributed by atoms with Crippen LogP contribution in [0.15, 0.2) is 16.8 Å². The van der Waals surface area contributed by atoms with E-state index in [2.05, 4.69) is 9.97 Å². The van der Waals surface area contributed by atoms with Crippen LogP contribution in [0, 0.1) is 6.92 Å². The predicted molar refractivity (Wildman–Crippen MR) is 58.9 cm³/mol. The highest BCUT2D eigenvalue weighted by Crippen LogP contribution is 2.26. The average Bonchev–Trinajstić information content (AvgIpc) is 2.63. The Hall–Kier alpha value is -1.62. The molecule has 0 aliphatic heterocycles. The summed E-state index contributed by atoms with van der Waals surface area (Å²) >= 11 is 1.61. The molecule has 0 unspecified atom stereocenters. The molecule has 0 saturated heterocycles. The zero-order chi connectivity index (χ0) is 10.1. The average molecular weight is 206 g/mol. The van der Waals surface area contributed by atoms with E-state index in [1.165, 1.54) is 0 Å². The lowest BCUT2D eigenvalue weighted by atomic mass is 10.1. The molecule has 4 nitrogen and oxygen atoms in total. The van der Waals surface area contributed by atoms with E-state index in [-0.39, 0.29) is 5.95 Å². The normalized spacial score (nSPS) is 10.4. The Kier molecular flexibility index (Phi) is 2.09. The molecule has 2 aromatic heterocycles. The van der Waals surface area contributed by atoms with Gasteiger partial charge in [0.1, 0.15) is 5.82 Å². The molecule has 0 radical (unpaired) electrons. The molecule has 0 spiro atoms. The SMILES string of the molecule is Cc1c(N)nc(N)nc1-c1ccsc1. The second-order valence-electron chi connectivity index (χ2n) is 2.95. The maximum absolute atomic E-state index is 5.70. The monoisotopic (exact) mass is 206 g/mol. The van der Waals surface area contributed by atoms with Crippen molar-refractivity contribution in [2.75, 3.05) is 11.5 Å². The minimum atomic E-state index is 0.217. The summed E-state index contributed by atoms with van der Waals surface area (Å²) in [7, 11) is 0. The van der Waals surface area contributed by atoms with Crippen LogP contribution in [-0.4, -0.2) is 9.97 Å². The van der Waals surface area contributed by atoms with Crippen molar-refractivity contribution in [2.45, 2.75) is 6.92 Å². The van der Waals surface area contributed by atoms with Crippen molar-refractivity contribution < 1.29 is 0 Å². The van der Waals surface area contributed by atoms with Gasteiger partial charge in [0.15, 0.2) is 0 Å². The lowest BCUT2D eigenvalue weighted by Gasteiger charge is -2.05. The van der Waals surface area contributed by atoms with Gasteiger partial charge in [0, 0.05) is 16.5 Å². The minimum Gasteiger partial charge on any atom is -0.383 e. The zero-order valence-corrected chi connectivity index (χ0v) is 8.51. The van der Waals surface area contributed by atoms with Gasteiger partial charge < -0.3 is 11.5 Å². The van der Waals surface area contributed by atoms with Crippen LogP contribution in [0.1, 0.15) is 5.56 Å². The number of nitrogen functional groups attached to an aromatic ring is 2. The number of anilines is 2. The van der Waals surface area contributed by atoms with Crippen LogP contribution in [0.5, 0.6) is 0 Å². The van der Waals surface area contributed by atoms with Gasteiger partial charge in [-0.2, -0.15) is 16.3 Å². The van der Waals surface area contributed by atoms with Crippen molar-refractivity contribution >= 4 is 23.1 Å². The first-order chi connectivity index (χ1) is 6.68. The standard InChI is InChI=1S/C9H10N4S/c1-5-7(6-2-3-14-4-6)12-9(11)13-8(5)10/h2-4H,1H3,(H4,10,11,12,13). The Labute approximate surface area is 85.6 Å². The summed E-state index contributed by atoms with van der Waals surface area (Å²) in [5.74, 6) is 0.660. The van der Waals surface area contributed by atoms with Crippen molar-refractivity contribution in [3.05, 3.63) is 22.4 Å². The van der Waals surface area contributed by atoms with Crippen LogP contribution in [0.2, 0.25) is 0 Å². The van der Waals surface area contributed by atoms with Gasteiger partial charge in [-0.05, 0) is 18.4 Å². The number of nitrogens with zero attached hydrogens (tertiary/aromatic N) is 2. The van der Waals surface area contributed by atoms with E-state index in [0.717, 1.165) is 16.8 Å². The molecule has 0 amide bonds. The molecule has 2 aromatic rings. The van der Waals surface area contributed by atoms with Crippen LogP contribution in [-0.2, 0) is 0 Å². The number of hydrogen-bond donors (Lipinski definition) is 2. The molecule has 0 bridgehead atoms. The van der Waals surface area contributed by atoms with Gasteiger partial charge >= 0.3 is 0 Å². The molecule has 14 heavy (non-hydrogen) atoms. The molecule has 2 rings (SSSR count). The first-order valence-corrected chi connectivity index (χ1v) is 5.05. The van der Waals surface area contributed by atoms with Crippen molar-refractivity contribution in [1.82, 2.24) is 9.97 Å². The lowest BCUT2D eigenvalue weighted by molar-refractivity contribution is 1.16. The molecule has 0 saturated carbocycles. The van der Waals surface area contributed by atoms with Gasteiger partial charge in [-0.25, -0.2) is 4.98 Å². The van der Waals surface area contributed by atoms with Gasteiger partial charge in [-0.1, -0.05) is 0 Å². The number of rotatable bonds is 1. The summed E-state index contributed by atoms with van der Waals surface area (Å²) in [6, 6.07) is 1.98. The summed E-state index contributed by atoms with van der Waals surface area (Å²) in [4.78, 5) is 8.06. The van der Waals surface area contributed by atoms with E-state index in [4.69, 9.17) is 11.5 Å². The molecular formula is C9H10N4S. The van der Waals surface area contributed by atoms with E-state index in [9.17, 15) is 0 Å². The number of aromatic nitrogens is 2. The van der Waals surface area contributed by atoms with Gasteiger partial charge in [0.25, 0.3) is 0 Å². The molecule has 72 valence electrons. The van der Waals surface area contributed by atoms with Crippen LogP contribution in [0.4, 0.5) is 11.8 Å². The number of thiophene rings is 1. The zero-order valence-electron chi connectivity index (χ0n) is 7.69. The van der Waals surface area contributed by atoms with Gasteiger partial charge in [-0.15, -0.1) is 0 Å². The fourth-order valence-corrected chi connectivity index (χ4v) is 1.87. The molecule has 0 aliphatic carbocycles. The van der Waals surface area contributed by atoms with E-state index in [1.54, 1.807) is 11.3 Å². The van der Waals surface area contributed by atoms with Crippen molar-refractivity contribution in [1.29, 1.82) is 0 Å². The highest BCUT2D eigenvalue weighted by Gasteiger charge is 2.08. The van der Waals surface area contributed by atoms with Gasteiger partial charge in [0.2, 0.25) is 5.95 Å². The number of nitrogens with two attached hydrogens (primary N) is 2. The third-order valence-electron chi connectivity index (χ3n) is 2.00. The smallest absolute Gasteiger partial charge is 0.222 e. The second-order valence-corrected chi connectivity index (χ2v) is 3.73. The van der Waals surface area contributed by atoms with Crippen molar-refractivity contribution in [3.8, 4) is 11.3 Å². The molecular weight excluding hydrogens is 196 g/mol. The second kappa shape index (κ2) is 3.26. The highest BCUT2D eigenvalue weighted by molar-refractivity contribution is 7.08. The third-order valence-corrected chi connectivity index (χ3v) is 2.68. The van der Waals surface area contributed by atoms with Crippen LogP contribution >= 0.6 is 11.3 Å². The molecule has 2 heterocycles. The van der Waals surface area contributed by atoms with Gasteiger partial charge in [0.05, 0.1) is 5.69 Å². The van der Waals surface area contributed by atoms with Crippen molar-refractivity contribution in [2.24, 2.45) is 0 Å². The Balaban J connectivity index is 2.64. The summed E-state index contributed by atoms with van der Waals surface area (Å²) < 4.78 is 0. The predicted octanol–water partition coefficient (Wildman–Crippen LogP) is 1.68. The van der Waals surface area contributed by atoms with Crippen LogP contribution in [0.25, 0.3) is 11.3 Å². The van der Waals surface area contributed by atoms with Crippen molar-refractivity contribution in [3.63, 3.8) is 0 Å². The molecule has 0 atom stereocenters. The fraction of sp³-hybridized carbons (Fsp3) is 0.111. The lowest BCUT2D eigenvalue weighted by Crippen LogP contribution is -2.03. The molecule has 5 heteroatoms. The maximum atomic E-state index is 5.70. The third kappa shape index (κ3) is 1.42. The first-order valence-electron chi connectivity index (χ1n) is 4.10. The Morgan fingerprint density at radius 3 is 2.71 bits per heavy atom. The summed E-state index contributed by atoms with van der Waals surface area (Å²) in [5, 5.41) is 4.00. The van der Waals surface area contributed by atoms with Crippen LogP contribution < -0.4 is 11.5 Å². The summed E-state index contributed by atoms with van der Waals surface area (Å²) in [6.45, 7) is 1.89. The maximum Gasteiger partial charge on any atom is 0.222 e. The first kappa shape index (κ1) is 8.96. The molecule has 0 fully saturated rings. The largest absolute Gasteiger partial charge is 0.383 e.